The van der Waals surface area contributed by atoms with Crippen molar-refractivity contribution in [2.45, 2.75) is 13.3 Å². The number of halogens is 1. The molecule has 3 heterocycles. The third-order valence-corrected chi connectivity index (χ3v) is 7.00. The molecule has 9 heteroatoms. The number of anilines is 1. The second kappa shape index (κ2) is 9.91. The van der Waals surface area contributed by atoms with Gasteiger partial charge in [0.1, 0.15) is 5.69 Å². The molecule has 1 aromatic carbocycles. The van der Waals surface area contributed by atoms with E-state index < -0.39 is 5.97 Å². The van der Waals surface area contributed by atoms with Crippen molar-refractivity contribution in [3.8, 4) is 10.6 Å². The Bertz CT molecular complexity index is 1070. The molecule has 0 aliphatic carbocycles. The van der Waals surface area contributed by atoms with Crippen molar-refractivity contribution in [3.05, 3.63) is 41.0 Å². The number of aromatic nitrogens is 2. The van der Waals surface area contributed by atoms with Gasteiger partial charge in [-0.05, 0) is 37.7 Å². The molecule has 1 aliphatic heterocycles. The summed E-state index contributed by atoms with van der Waals surface area (Å²) in [6.45, 7) is 9.72. The standard InChI is InChI=1S/C22H26ClN5O2S/c1-2-27-9-11-28(12-10-27)8-4-7-24-22-25-14-17(23)20(26-22)19-13-16-15(21(29)30)5-3-6-18(16)31-19/h3,5-6,13-14H,2,4,7-12H2,1H3,(H,29,30)(H,24,25,26). The highest BCUT2D eigenvalue weighted by molar-refractivity contribution is 7.22. The molecule has 164 valence electrons. The summed E-state index contributed by atoms with van der Waals surface area (Å²) in [6.07, 6.45) is 2.61. The lowest BCUT2D eigenvalue weighted by Gasteiger charge is -2.33. The van der Waals surface area contributed by atoms with Gasteiger partial charge in [0, 0.05) is 42.8 Å². The van der Waals surface area contributed by atoms with Crippen LogP contribution in [0.3, 0.4) is 0 Å². The van der Waals surface area contributed by atoms with Crippen molar-refractivity contribution < 1.29 is 9.90 Å². The predicted octanol–water partition coefficient (Wildman–Crippen LogP) is 4.15. The van der Waals surface area contributed by atoms with E-state index in [1.165, 1.54) is 11.3 Å². The number of benzene rings is 1. The second-order valence-electron chi connectivity index (χ2n) is 7.58. The quantitative estimate of drug-likeness (QED) is 0.489. The van der Waals surface area contributed by atoms with Gasteiger partial charge in [0.2, 0.25) is 5.95 Å². The number of likely N-dealkylation sites (N-methyl/N-ethyl adjacent to an activating group) is 1. The van der Waals surface area contributed by atoms with Crippen molar-refractivity contribution in [1.82, 2.24) is 19.8 Å². The average Bonchev–Trinajstić information content (AvgIpc) is 3.22. The molecule has 0 saturated carbocycles. The molecule has 2 aromatic heterocycles. The molecule has 0 unspecified atom stereocenters. The first-order valence-corrected chi connectivity index (χ1v) is 11.7. The Labute approximate surface area is 190 Å². The molecule has 0 bridgehead atoms. The largest absolute Gasteiger partial charge is 0.478 e. The van der Waals surface area contributed by atoms with Crippen LogP contribution in [0.4, 0.5) is 5.95 Å². The Morgan fingerprint density at radius 2 is 2.03 bits per heavy atom. The maximum absolute atomic E-state index is 11.5. The first kappa shape index (κ1) is 22.0. The number of fused-ring (bicyclic) bond motifs is 1. The lowest BCUT2D eigenvalue weighted by molar-refractivity contribution is 0.0699. The Morgan fingerprint density at radius 1 is 1.26 bits per heavy atom. The monoisotopic (exact) mass is 459 g/mol. The highest BCUT2D eigenvalue weighted by Gasteiger charge is 2.16. The summed E-state index contributed by atoms with van der Waals surface area (Å²) >= 11 is 7.85. The van der Waals surface area contributed by atoms with E-state index in [4.69, 9.17) is 11.6 Å². The molecule has 0 amide bonds. The van der Waals surface area contributed by atoms with E-state index in [-0.39, 0.29) is 5.56 Å². The van der Waals surface area contributed by atoms with Gasteiger partial charge in [-0.25, -0.2) is 14.8 Å². The number of thiophene rings is 1. The fraction of sp³-hybridized carbons (Fsp3) is 0.409. The zero-order valence-electron chi connectivity index (χ0n) is 17.5. The van der Waals surface area contributed by atoms with Gasteiger partial charge < -0.3 is 20.2 Å². The number of carbonyl (C=O) groups is 1. The van der Waals surface area contributed by atoms with Crippen LogP contribution in [-0.2, 0) is 0 Å². The summed E-state index contributed by atoms with van der Waals surface area (Å²) in [5, 5.41) is 13.9. The first-order chi connectivity index (χ1) is 15.0. The molecule has 1 aliphatic rings. The predicted molar refractivity (Wildman–Crippen MR) is 126 cm³/mol. The van der Waals surface area contributed by atoms with Crippen LogP contribution in [0.1, 0.15) is 23.7 Å². The highest BCUT2D eigenvalue weighted by Crippen LogP contribution is 2.37. The van der Waals surface area contributed by atoms with Gasteiger partial charge in [0.05, 0.1) is 21.7 Å². The van der Waals surface area contributed by atoms with E-state index in [9.17, 15) is 9.90 Å². The number of rotatable bonds is 8. The Balaban J connectivity index is 1.40. The zero-order chi connectivity index (χ0) is 21.8. The van der Waals surface area contributed by atoms with Crippen molar-refractivity contribution in [1.29, 1.82) is 0 Å². The fourth-order valence-corrected chi connectivity index (χ4v) is 5.16. The van der Waals surface area contributed by atoms with Gasteiger partial charge in [-0.2, -0.15) is 0 Å². The van der Waals surface area contributed by atoms with Gasteiger partial charge in [0.15, 0.2) is 0 Å². The van der Waals surface area contributed by atoms with E-state index in [1.807, 2.05) is 12.1 Å². The van der Waals surface area contributed by atoms with E-state index in [2.05, 4.69) is 32.0 Å². The maximum Gasteiger partial charge on any atom is 0.336 e. The fourth-order valence-electron chi connectivity index (χ4n) is 3.82. The first-order valence-electron chi connectivity index (χ1n) is 10.5. The Morgan fingerprint density at radius 3 is 2.77 bits per heavy atom. The number of hydrogen-bond acceptors (Lipinski definition) is 7. The summed E-state index contributed by atoms with van der Waals surface area (Å²) in [7, 11) is 0. The number of carboxylic acids is 1. The minimum Gasteiger partial charge on any atom is -0.478 e. The van der Waals surface area contributed by atoms with Gasteiger partial charge in [0.25, 0.3) is 0 Å². The van der Waals surface area contributed by atoms with Gasteiger partial charge in [-0.15, -0.1) is 11.3 Å². The lowest BCUT2D eigenvalue weighted by atomic mass is 10.1. The molecule has 31 heavy (non-hydrogen) atoms. The molecule has 1 saturated heterocycles. The molecule has 3 aromatic rings. The van der Waals surface area contributed by atoms with Crippen molar-refractivity contribution in [3.63, 3.8) is 0 Å². The van der Waals surface area contributed by atoms with E-state index in [1.54, 1.807) is 18.3 Å². The average molecular weight is 460 g/mol. The summed E-state index contributed by atoms with van der Waals surface area (Å²) in [5.74, 6) is -0.409. The third kappa shape index (κ3) is 5.15. The van der Waals surface area contributed by atoms with E-state index in [0.717, 1.165) is 61.8 Å². The Kier molecular flexibility index (Phi) is 7.02. The number of aromatic carboxylic acids is 1. The van der Waals surface area contributed by atoms with Crippen molar-refractivity contribution in [2.75, 3.05) is 51.1 Å². The molecular weight excluding hydrogens is 434 g/mol. The van der Waals surface area contributed by atoms with Crippen LogP contribution in [-0.4, -0.2) is 76.7 Å². The lowest BCUT2D eigenvalue weighted by Crippen LogP contribution is -2.46. The van der Waals surface area contributed by atoms with Gasteiger partial charge in [-0.1, -0.05) is 24.6 Å². The molecule has 2 N–H and O–H groups in total. The minimum atomic E-state index is -0.942. The van der Waals surface area contributed by atoms with E-state index >= 15 is 0 Å². The molecule has 0 spiro atoms. The second-order valence-corrected chi connectivity index (χ2v) is 9.07. The summed E-state index contributed by atoms with van der Waals surface area (Å²) in [6, 6.07) is 7.11. The topological polar surface area (TPSA) is 81.6 Å². The minimum absolute atomic E-state index is 0.281. The van der Waals surface area contributed by atoms with Crippen LogP contribution < -0.4 is 5.32 Å². The number of nitrogens with one attached hydrogen (secondary N) is 1. The van der Waals surface area contributed by atoms with Crippen LogP contribution in [0.2, 0.25) is 5.02 Å². The third-order valence-electron chi connectivity index (χ3n) is 5.62. The van der Waals surface area contributed by atoms with Crippen LogP contribution >= 0.6 is 22.9 Å². The van der Waals surface area contributed by atoms with Crippen LogP contribution in [0, 0.1) is 0 Å². The summed E-state index contributed by atoms with van der Waals surface area (Å²) < 4.78 is 0.891. The number of carboxylic acid groups (broad SMARTS) is 1. The summed E-state index contributed by atoms with van der Waals surface area (Å²) in [5.41, 5.74) is 0.899. The molecular formula is C22H26ClN5O2S. The smallest absolute Gasteiger partial charge is 0.336 e. The highest BCUT2D eigenvalue weighted by atomic mass is 35.5. The molecule has 1 fully saturated rings. The number of piperazine rings is 1. The Hall–Kier alpha value is -2.26. The van der Waals surface area contributed by atoms with Gasteiger partial charge >= 0.3 is 5.97 Å². The SMILES string of the molecule is CCN1CCN(CCCNc2ncc(Cl)c(-c3cc4c(C(=O)O)cccc4s3)n2)CC1. The van der Waals surface area contributed by atoms with Crippen LogP contribution in [0.15, 0.2) is 30.5 Å². The number of hydrogen-bond donors (Lipinski definition) is 2. The molecule has 7 nitrogen and oxygen atoms in total. The molecule has 0 radical (unpaired) electrons. The molecule has 0 atom stereocenters. The molecule has 4 rings (SSSR count). The summed E-state index contributed by atoms with van der Waals surface area (Å²) in [4.78, 5) is 26.2. The van der Waals surface area contributed by atoms with Gasteiger partial charge in [-0.3, -0.25) is 0 Å². The normalized spacial score (nSPS) is 15.4. The van der Waals surface area contributed by atoms with Crippen LogP contribution in [0.5, 0.6) is 0 Å². The maximum atomic E-state index is 11.5. The number of nitrogens with zero attached hydrogens (tertiary/aromatic N) is 4. The van der Waals surface area contributed by atoms with Crippen molar-refractivity contribution in [2.24, 2.45) is 0 Å². The van der Waals surface area contributed by atoms with Crippen molar-refractivity contribution >= 4 is 44.9 Å². The van der Waals surface area contributed by atoms with Crippen LogP contribution in [0.25, 0.3) is 20.7 Å². The van der Waals surface area contributed by atoms with E-state index in [0.29, 0.717) is 22.1 Å². The zero-order valence-corrected chi connectivity index (χ0v) is 19.0.